The second kappa shape index (κ2) is 34.4. The molecule has 0 aliphatic heterocycles. The zero-order valence-corrected chi connectivity index (χ0v) is 29.9. The number of aliphatic hydroxyl groups is 4. The number of nitrogens with one attached hydrogen (secondary N) is 1. The predicted octanol–water partition coefficient (Wildman–Crippen LogP) is 9.46. The molecule has 0 aliphatic carbocycles. The first-order chi connectivity index (χ1) is 22.0. The molecule has 0 aromatic heterocycles. The molecule has 0 aromatic carbocycles. The third-order valence-corrected chi connectivity index (χ3v) is 9.23. The Morgan fingerprint density at radius 2 is 0.889 bits per heavy atom. The summed E-state index contributed by atoms with van der Waals surface area (Å²) in [4.78, 5) is 12.4. The van der Waals surface area contributed by atoms with Crippen LogP contribution in [0.3, 0.4) is 0 Å². The van der Waals surface area contributed by atoms with Crippen molar-refractivity contribution in [3.63, 3.8) is 0 Å². The summed E-state index contributed by atoms with van der Waals surface area (Å²) in [6, 6.07) is -0.982. The molecule has 6 heteroatoms. The van der Waals surface area contributed by atoms with E-state index in [1.54, 1.807) is 0 Å². The van der Waals surface area contributed by atoms with Crippen LogP contribution in [0.15, 0.2) is 12.2 Å². The molecule has 0 saturated heterocycles. The van der Waals surface area contributed by atoms with E-state index in [2.05, 4.69) is 31.3 Å². The molecule has 0 rings (SSSR count). The molecule has 1 amide bonds. The maximum absolute atomic E-state index is 12.4. The van der Waals surface area contributed by atoms with E-state index in [1.165, 1.54) is 128 Å². The van der Waals surface area contributed by atoms with Gasteiger partial charge in [-0.05, 0) is 38.5 Å². The molecule has 4 atom stereocenters. The average molecular weight is 640 g/mol. The van der Waals surface area contributed by atoms with E-state index < -0.39 is 36.9 Å². The molecular weight excluding hydrogens is 562 g/mol. The molecule has 0 bridgehead atoms. The summed E-state index contributed by atoms with van der Waals surface area (Å²) in [6.07, 6.45) is 35.4. The summed E-state index contributed by atoms with van der Waals surface area (Å²) in [7, 11) is 0. The minimum absolute atomic E-state index is 0.364. The van der Waals surface area contributed by atoms with E-state index in [1.807, 2.05) is 0 Å². The van der Waals surface area contributed by atoms with Gasteiger partial charge in [-0.2, -0.15) is 0 Å². The number of rotatable bonds is 35. The van der Waals surface area contributed by atoms with Gasteiger partial charge in [0.25, 0.3) is 0 Å². The fraction of sp³-hybridized carbons (Fsp3) is 0.923. The van der Waals surface area contributed by atoms with Crippen LogP contribution in [-0.4, -0.2) is 57.3 Å². The van der Waals surface area contributed by atoms with Gasteiger partial charge in [-0.15, -0.1) is 0 Å². The van der Waals surface area contributed by atoms with Gasteiger partial charge in [0.15, 0.2) is 0 Å². The third kappa shape index (κ3) is 29.0. The first-order valence-corrected chi connectivity index (χ1v) is 19.6. The van der Waals surface area contributed by atoms with E-state index in [0.29, 0.717) is 12.8 Å². The third-order valence-electron chi connectivity index (χ3n) is 9.23. The highest BCUT2D eigenvalue weighted by molar-refractivity contribution is 5.80. The number of hydrogen-bond donors (Lipinski definition) is 5. The minimum atomic E-state index is -1.25. The molecule has 45 heavy (non-hydrogen) atoms. The Hall–Kier alpha value is -0.950. The van der Waals surface area contributed by atoms with Crippen molar-refractivity contribution in [1.29, 1.82) is 0 Å². The van der Waals surface area contributed by atoms with Gasteiger partial charge in [-0.3, -0.25) is 4.79 Å². The normalized spacial score (nSPS) is 14.5. The molecule has 268 valence electrons. The SMILES string of the molecule is CCCCCCCCCCCCC/C=C\CCCCCCCCC(O)C(=O)NC(CO)C(O)C(O)CCCCCCCCCC. The minimum Gasteiger partial charge on any atom is -0.394 e. The van der Waals surface area contributed by atoms with Gasteiger partial charge >= 0.3 is 0 Å². The molecule has 4 unspecified atom stereocenters. The van der Waals surface area contributed by atoms with Crippen molar-refractivity contribution in [1.82, 2.24) is 5.32 Å². The highest BCUT2D eigenvalue weighted by Crippen LogP contribution is 2.15. The van der Waals surface area contributed by atoms with Gasteiger partial charge in [-0.1, -0.05) is 174 Å². The Bertz CT molecular complexity index is 643. The largest absolute Gasteiger partial charge is 0.394 e. The summed E-state index contributed by atoms with van der Waals surface area (Å²) in [5.74, 6) is -0.590. The maximum Gasteiger partial charge on any atom is 0.249 e. The van der Waals surface area contributed by atoms with Crippen LogP contribution >= 0.6 is 0 Å². The van der Waals surface area contributed by atoms with Crippen LogP contribution in [0, 0.1) is 0 Å². The van der Waals surface area contributed by atoms with Gasteiger partial charge in [-0.25, -0.2) is 0 Å². The van der Waals surface area contributed by atoms with E-state index in [4.69, 9.17) is 0 Å². The zero-order chi connectivity index (χ0) is 33.2. The van der Waals surface area contributed by atoms with Crippen LogP contribution in [-0.2, 0) is 4.79 Å². The van der Waals surface area contributed by atoms with E-state index in [9.17, 15) is 25.2 Å². The van der Waals surface area contributed by atoms with Crippen molar-refractivity contribution >= 4 is 5.91 Å². The molecule has 0 spiro atoms. The zero-order valence-electron chi connectivity index (χ0n) is 29.9. The Morgan fingerprint density at radius 3 is 1.29 bits per heavy atom. The number of allylic oxidation sites excluding steroid dienone is 2. The Morgan fingerprint density at radius 1 is 0.533 bits per heavy atom. The van der Waals surface area contributed by atoms with Gasteiger partial charge in [0.2, 0.25) is 5.91 Å². The second-order valence-electron chi connectivity index (χ2n) is 13.6. The molecule has 5 N–H and O–H groups in total. The molecule has 0 saturated carbocycles. The van der Waals surface area contributed by atoms with Crippen molar-refractivity contribution in [3.8, 4) is 0 Å². The fourth-order valence-electron chi connectivity index (χ4n) is 6.04. The molecule has 0 radical (unpaired) electrons. The van der Waals surface area contributed by atoms with Crippen molar-refractivity contribution < 1.29 is 25.2 Å². The number of carbonyl (C=O) groups excluding carboxylic acids is 1. The number of amides is 1. The van der Waals surface area contributed by atoms with Crippen LogP contribution in [0.25, 0.3) is 0 Å². The second-order valence-corrected chi connectivity index (χ2v) is 13.6. The van der Waals surface area contributed by atoms with E-state index in [0.717, 1.165) is 44.9 Å². The standard InChI is InChI=1S/C39H77NO5/c1-3-5-7-9-11-13-14-15-16-17-18-19-20-21-22-23-24-25-27-29-31-33-37(43)39(45)40-35(34-41)38(44)36(42)32-30-28-26-12-10-8-6-4-2/h20-21,35-38,41-44H,3-19,22-34H2,1-2H3,(H,40,45)/b21-20-. The van der Waals surface area contributed by atoms with Gasteiger partial charge in [0.05, 0.1) is 18.8 Å². The molecule has 6 nitrogen and oxygen atoms in total. The van der Waals surface area contributed by atoms with Gasteiger partial charge in [0, 0.05) is 0 Å². The topological polar surface area (TPSA) is 110 Å². The first-order valence-electron chi connectivity index (χ1n) is 19.6. The lowest BCUT2D eigenvalue weighted by atomic mass is 9.99. The van der Waals surface area contributed by atoms with Crippen molar-refractivity contribution in [2.75, 3.05) is 6.61 Å². The highest BCUT2D eigenvalue weighted by Gasteiger charge is 2.28. The summed E-state index contributed by atoms with van der Waals surface area (Å²) in [6.45, 7) is 4.00. The molecule has 0 fully saturated rings. The van der Waals surface area contributed by atoms with Crippen LogP contribution in [0.4, 0.5) is 0 Å². The van der Waals surface area contributed by atoms with Crippen LogP contribution in [0.5, 0.6) is 0 Å². The summed E-state index contributed by atoms with van der Waals surface area (Å²) in [5.41, 5.74) is 0. The lowest BCUT2D eigenvalue weighted by Crippen LogP contribution is -2.53. The quantitative estimate of drug-likeness (QED) is 0.0350. The monoisotopic (exact) mass is 640 g/mol. The maximum atomic E-state index is 12.4. The van der Waals surface area contributed by atoms with Crippen LogP contribution < -0.4 is 5.32 Å². The average Bonchev–Trinajstić information content (AvgIpc) is 3.04. The highest BCUT2D eigenvalue weighted by atomic mass is 16.3. The first kappa shape index (κ1) is 44.0. The molecular formula is C39H77NO5. The molecule has 0 aromatic rings. The van der Waals surface area contributed by atoms with Crippen molar-refractivity contribution in [3.05, 3.63) is 12.2 Å². The summed E-state index contributed by atoms with van der Waals surface area (Å²) < 4.78 is 0. The summed E-state index contributed by atoms with van der Waals surface area (Å²) >= 11 is 0. The Kier molecular flexibility index (Phi) is 33.7. The predicted molar refractivity (Wildman–Crippen MR) is 191 cm³/mol. The number of aliphatic hydroxyl groups excluding tert-OH is 4. The summed E-state index contributed by atoms with van der Waals surface area (Å²) in [5, 5.41) is 43.3. The number of carbonyl (C=O) groups is 1. The van der Waals surface area contributed by atoms with Crippen LogP contribution in [0.2, 0.25) is 0 Å². The fourth-order valence-corrected chi connectivity index (χ4v) is 6.04. The van der Waals surface area contributed by atoms with Crippen molar-refractivity contribution in [2.24, 2.45) is 0 Å². The Labute approximate surface area is 279 Å². The molecule has 0 heterocycles. The number of hydrogen-bond acceptors (Lipinski definition) is 5. The lowest BCUT2D eigenvalue weighted by Gasteiger charge is -2.27. The van der Waals surface area contributed by atoms with E-state index >= 15 is 0 Å². The Balaban J connectivity index is 3.71. The van der Waals surface area contributed by atoms with Gasteiger partial charge in [0.1, 0.15) is 12.2 Å². The van der Waals surface area contributed by atoms with E-state index in [-0.39, 0.29) is 0 Å². The molecule has 0 aliphatic rings. The lowest BCUT2D eigenvalue weighted by molar-refractivity contribution is -0.132. The van der Waals surface area contributed by atoms with Crippen molar-refractivity contribution in [2.45, 2.75) is 224 Å². The smallest absolute Gasteiger partial charge is 0.249 e. The van der Waals surface area contributed by atoms with Crippen LogP contribution in [0.1, 0.15) is 200 Å². The van der Waals surface area contributed by atoms with Gasteiger partial charge < -0.3 is 25.7 Å². The number of unbranched alkanes of at least 4 members (excludes halogenated alkanes) is 24.